The molecule has 0 bridgehead atoms. The molecule has 1 aliphatic heterocycles. The average Bonchev–Trinajstić information content (AvgIpc) is 2.39. The van der Waals surface area contributed by atoms with Gasteiger partial charge in [0.15, 0.2) is 0 Å². The first-order valence-corrected chi connectivity index (χ1v) is 7.15. The summed E-state index contributed by atoms with van der Waals surface area (Å²) in [5.41, 5.74) is 0. The quantitative estimate of drug-likeness (QED) is 0.401. The molecule has 1 fully saturated rings. The second-order valence-electron chi connectivity index (χ2n) is 1.67. The van der Waals surface area contributed by atoms with Crippen molar-refractivity contribution in [2.45, 2.75) is 21.5 Å². The molecular formula is C6H8N2O2Se2. The van der Waals surface area contributed by atoms with Crippen molar-refractivity contribution in [1.29, 1.82) is 0 Å². The molecule has 0 aromatic rings. The molecule has 0 aromatic carbocycles. The first-order chi connectivity index (χ1) is 5.38. The second kappa shape index (κ2) is 6.33. The number of rotatable bonds is 2. The fourth-order valence-corrected chi connectivity index (χ4v) is 8.45. The Morgan fingerprint density at radius 1 is 1.08 bits per heavy atom. The maximum absolute atomic E-state index is 9.90. The molecular weight excluding hydrogens is 290 g/mol. The van der Waals surface area contributed by atoms with Gasteiger partial charge in [0.1, 0.15) is 0 Å². The van der Waals surface area contributed by atoms with Gasteiger partial charge in [-0.25, -0.2) is 0 Å². The Morgan fingerprint density at radius 2 is 1.50 bits per heavy atom. The van der Waals surface area contributed by atoms with Crippen LogP contribution in [0.25, 0.3) is 0 Å². The standard InChI is InChI=1S/C5H4N2O2Se2.CH4/c8-1-6-4-5(7-2-9)11-3-10-4;/h4-5H,3H2;1H4. The van der Waals surface area contributed by atoms with Crippen LogP contribution in [-0.2, 0) is 9.59 Å². The molecule has 6 heteroatoms. The van der Waals surface area contributed by atoms with Crippen LogP contribution in [0.3, 0.4) is 0 Å². The van der Waals surface area contributed by atoms with Gasteiger partial charge in [0, 0.05) is 0 Å². The van der Waals surface area contributed by atoms with Crippen molar-refractivity contribution in [3.8, 4) is 0 Å². The van der Waals surface area contributed by atoms with Gasteiger partial charge in [-0.15, -0.1) is 0 Å². The van der Waals surface area contributed by atoms with Crippen molar-refractivity contribution in [1.82, 2.24) is 0 Å². The van der Waals surface area contributed by atoms with Crippen molar-refractivity contribution in [2.75, 3.05) is 0 Å². The Kier molecular flexibility index (Phi) is 6.22. The Labute approximate surface area is 83.2 Å². The normalized spacial score (nSPS) is 26.3. The van der Waals surface area contributed by atoms with Crippen LogP contribution < -0.4 is 0 Å². The van der Waals surface area contributed by atoms with Gasteiger partial charge in [-0.2, -0.15) is 0 Å². The molecule has 12 heavy (non-hydrogen) atoms. The second-order valence-corrected chi connectivity index (χ2v) is 8.16. The monoisotopic (exact) mass is 300 g/mol. The van der Waals surface area contributed by atoms with Gasteiger partial charge in [-0.3, -0.25) is 0 Å². The van der Waals surface area contributed by atoms with Crippen LogP contribution in [0.5, 0.6) is 0 Å². The Morgan fingerprint density at radius 3 is 1.83 bits per heavy atom. The number of hydrogen-bond donors (Lipinski definition) is 0. The first-order valence-electron chi connectivity index (χ1n) is 2.75. The fourth-order valence-electron chi connectivity index (χ4n) is 0.649. The van der Waals surface area contributed by atoms with Crippen molar-refractivity contribution in [3.63, 3.8) is 0 Å². The Hall–Kier alpha value is -0.201. The van der Waals surface area contributed by atoms with Crippen LogP contribution in [0.1, 0.15) is 7.43 Å². The SMILES string of the molecule is C.O=C=NC1[Se]C[Se]C1N=C=O. The van der Waals surface area contributed by atoms with Gasteiger partial charge in [0.05, 0.1) is 0 Å². The summed E-state index contributed by atoms with van der Waals surface area (Å²) in [5.74, 6) is 0. The summed E-state index contributed by atoms with van der Waals surface area (Å²) in [4.78, 5) is 26.9. The van der Waals surface area contributed by atoms with Crippen LogP contribution in [0.15, 0.2) is 9.98 Å². The Balaban J connectivity index is 0.00000121. The summed E-state index contributed by atoms with van der Waals surface area (Å²) < 4.78 is 1.09. The van der Waals surface area contributed by atoms with E-state index in [-0.39, 0.29) is 17.3 Å². The molecule has 4 nitrogen and oxygen atoms in total. The van der Waals surface area contributed by atoms with Crippen LogP contribution >= 0.6 is 0 Å². The summed E-state index contributed by atoms with van der Waals surface area (Å²) in [6.45, 7) is 0. The molecule has 0 aliphatic carbocycles. The van der Waals surface area contributed by atoms with Crippen LogP contribution in [-0.4, -0.2) is 52.0 Å². The van der Waals surface area contributed by atoms with E-state index < -0.39 is 0 Å². The van der Waals surface area contributed by atoms with Gasteiger partial charge in [0.25, 0.3) is 0 Å². The zero-order valence-corrected chi connectivity index (χ0v) is 8.82. The topological polar surface area (TPSA) is 58.9 Å². The van der Waals surface area contributed by atoms with Gasteiger partial charge in [-0.05, 0) is 0 Å². The number of carbonyl (C=O) groups excluding carboxylic acids is 2. The molecule has 0 aromatic heterocycles. The molecule has 0 radical (unpaired) electrons. The van der Waals surface area contributed by atoms with E-state index in [1.165, 1.54) is 12.2 Å². The Bertz CT molecular complexity index is 210. The van der Waals surface area contributed by atoms with Gasteiger partial charge >= 0.3 is 75.7 Å². The minimum absolute atomic E-state index is 0. The average molecular weight is 298 g/mol. The molecule has 1 aliphatic rings. The molecule has 1 heterocycles. The summed E-state index contributed by atoms with van der Waals surface area (Å²) >= 11 is 0.671. The third-order valence-corrected chi connectivity index (χ3v) is 8.45. The summed E-state index contributed by atoms with van der Waals surface area (Å²) in [6.07, 6.45) is 3.02. The van der Waals surface area contributed by atoms with Crippen LogP contribution in [0.4, 0.5) is 0 Å². The van der Waals surface area contributed by atoms with Crippen molar-refractivity contribution in [2.24, 2.45) is 9.98 Å². The predicted octanol–water partition coefficient (Wildman–Crippen LogP) is -0.256. The summed E-state index contributed by atoms with van der Waals surface area (Å²) in [5, 5.41) is 0. The molecule has 2 atom stereocenters. The molecule has 1 rings (SSSR count). The van der Waals surface area contributed by atoms with E-state index in [1.54, 1.807) is 0 Å². The first kappa shape index (κ1) is 11.8. The molecule has 0 spiro atoms. The molecule has 2 unspecified atom stereocenters. The molecule has 0 amide bonds. The minimum atomic E-state index is -0.0403. The maximum atomic E-state index is 9.90. The summed E-state index contributed by atoms with van der Waals surface area (Å²) in [6, 6.07) is 0. The fraction of sp³-hybridized carbons (Fsp3) is 0.667. The van der Waals surface area contributed by atoms with Gasteiger partial charge in [0.2, 0.25) is 0 Å². The predicted molar refractivity (Wildman–Crippen MR) is 46.9 cm³/mol. The van der Waals surface area contributed by atoms with E-state index in [1.807, 2.05) is 0 Å². The van der Waals surface area contributed by atoms with E-state index in [0.717, 1.165) is 4.22 Å². The van der Waals surface area contributed by atoms with Gasteiger partial charge in [-0.1, -0.05) is 7.43 Å². The van der Waals surface area contributed by atoms with E-state index in [9.17, 15) is 9.59 Å². The zero-order valence-electron chi connectivity index (χ0n) is 5.39. The van der Waals surface area contributed by atoms with Crippen molar-refractivity contribution in [3.05, 3.63) is 0 Å². The molecule has 1 saturated heterocycles. The molecule has 0 N–H and O–H groups in total. The molecule has 0 saturated carbocycles. The van der Waals surface area contributed by atoms with E-state index in [0.29, 0.717) is 29.9 Å². The van der Waals surface area contributed by atoms with Gasteiger partial charge < -0.3 is 0 Å². The zero-order chi connectivity index (χ0) is 8.10. The number of isocyanates is 2. The number of nitrogens with zero attached hydrogens (tertiary/aromatic N) is 2. The third kappa shape index (κ3) is 3.04. The number of aliphatic imine (C=N–C) groups is 2. The van der Waals surface area contributed by atoms with E-state index in [2.05, 4.69) is 9.98 Å². The van der Waals surface area contributed by atoms with E-state index >= 15 is 0 Å². The molecule has 66 valence electrons. The summed E-state index contributed by atoms with van der Waals surface area (Å²) in [7, 11) is 0. The number of hydrogen-bond acceptors (Lipinski definition) is 4. The van der Waals surface area contributed by atoms with Crippen molar-refractivity contribution < 1.29 is 9.59 Å². The van der Waals surface area contributed by atoms with Crippen LogP contribution in [0.2, 0.25) is 4.22 Å². The van der Waals surface area contributed by atoms with Crippen molar-refractivity contribution >= 4 is 42.1 Å². The third-order valence-electron chi connectivity index (χ3n) is 1.08. The van der Waals surface area contributed by atoms with E-state index in [4.69, 9.17) is 0 Å². The van der Waals surface area contributed by atoms with Crippen LogP contribution in [0, 0.1) is 0 Å².